The number of amides is 1. The first-order valence-corrected chi connectivity index (χ1v) is 12.0. The number of methoxy groups -OCH3 is 1. The van der Waals surface area contributed by atoms with E-state index in [0.29, 0.717) is 5.56 Å². The first kappa shape index (κ1) is 29.9. The van der Waals surface area contributed by atoms with Crippen LogP contribution in [0, 0.1) is 0 Å². The highest BCUT2D eigenvalue weighted by Crippen LogP contribution is 2.33. The summed E-state index contributed by atoms with van der Waals surface area (Å²) in [6.45, 7) is 4.08. The number of nitrogens with one attached hydrogen (secondary N) is 1. The van der Waals surface area contributed by atoms with E-state index in [1.807, 2.05) is 0 Å². The molecule has 2 aromatic carbocycles. The third-order valence-electron chi connectivity index (χ3n) is 5.55. The molecule has 12 heteroatoms. The number of alkyl halides is 3. The molecule has 0 aliphatic heterocycles. The van der Waals surface area contributed by atoms with Gasteiger partial charge in [0.2, 0.25) is 5.75 Å². The molecule has 1 amide bonds. The number of carbonyl (C=O) groups is 3. The number of pyridine rings is 1. The van der Waals surface area contributed by atoms with Gasteiger partial charge in [-0.15, -0.1) is 0 Å². The van der Waals surface area contributed by atoms with E-state index in [0.717, 1.165) is 19.1 Å². The van der Waals surface area contributed by atoms with Crippen molar-refractivity contribution >= 4 is 17.8 Å². The molecule has 0 unspecified atom stereocenters. The Morgan fingerprint density at radius 2 is 1.60 bits per heavy atom. The first-order chi connectivity index (χ1) is 18.9. The van der Waals surface area contributed by atoms with Gasteiger partial charge in [0.05, 0.1) is 12.7 Å². The summed E-state index contributed by atoms with van der Waals surface area (Å²) >= 11 is 0. The summed E-state index contributed by atoms with van der Waals surface area (Å²) in [4.78, 5) is 41.2. The van der Waals surface area contributed by atoms with Crippen molar-refractivity contribution in [1.82, 2.24) is 10.3 Å². The fourth-order valence-electron chi connectivity index (χ4n) is 3.61. The van der Waals surface area contributed by atoms with Crippen molar-refractivity contribution in [3.8, 4) is 17.2 Å². The Morgan fingerprint density at radius 1 is 0.950 bits per heavy atom. The summed E-state index contributed by atoms with van der Waals surface area (Å²) in [7, 11) is 1.32. The van der Waals surface area contributed by atoms with Crippen molar-refractivity contribution in [2.24, 2.45) is 0 Å². The van der Waals surface area contributed by atoms with Crippen LogP contribution in [-0.2, 0) is 20.5 Å². The summed E-state index contributed by atoms with van der Waals surface area (Å²) in [5.74, 6) is -2.35. The number of nitrogens with zero attached hydrogens (tertiary/aromatic N) is 1. The summed E-state index contributed by atoms with van der Waals surface area (Å²) in [6.07, 6.45) is -5.04. The normalized spacial score (nSPS) is 13.4. The first-order valence-electron chi connectivity index (χ1n) is 12.0. The van der Waals surface area contributed by atoms with Crippen molar-refractivity contribution in [3.63, 3.8) is 0 Å². The number of ether oxygens (including phenoxy) is 4. The van der Waals surface area contributed by atoms with Crippen molar-refractivity contribution in [2.75, 3.05) is 7.11 Å². The number of hydrogen-bond donors (Lipinski definition) is 1. The summed E-state index contributed by atoms with van der Waals surface area (Å²) in [5, 5.41) is 2.44. The molecule has 0 bridgehead atoms. The maximum absolute atomic E-state index is 12.9. The van der Waals surface area contributed by atoms with Gasteiger partial charge >= 0.3 is 18.1 Å². The van der Waals surface area contributed by atoms with E-state index < -0.39 is 47.8 Å². The van der Waals surface area contributed by atoms with Gasteiger partial charge in [0.1, 0.15) is 17.9 Å². The molecule has 1 N–H and O–H groups in total. The Hall–Kier alpha value is -4.61. The van der Waals surface area contributed by atoms with E-state index in [4.69, 9.17) is 18.9 Å². The fraction of sp³-hybridized carbons (Fsp3) is 0.286. The number of esters is 2. The Morgan fingerprint density at radius 3 is 2.17 bits per heavy atom. The molecule has 0 saturated carbocycles. The molecule has 0 aliphatic rings. The lowest BCUT2D eigenvalue weighted by atomic mass is 10.0. The molecule has 1 aromatic heterocycles. The second-order valence-corrected chi connectivity index (χ2v) is 8.59. The predicted octanol–water partition coefficient (Wildman–Crippen LogP) is 4.90. The van der Waals surface area contributed by atoms with Crippen LogP contribution in [0.2, 0.25) is 0 Å². The Kier molecular flexibility index (Phi) is 9.70. The van der Waals surface area contributed by atoms with Crippen LogP contribution >= 0.6 is 0 Å². The lowest BCUT2D eigenvalue weighted by Crippen LogP contribution is -2.42. The standard InChI is InChI=1S/C28H27F3N2O7/c1-16(33-26(35)23-25(39-18(3)34)22(37-4)14-15-32-23)27(36)38-17(2)24(19-8-6-5-7-9-19)40-21-12-10-20(11-13-21)28(29,30)31/h5-17,24H,1-4H3,(H,33,35)/t16-,17-,24-/m0/s1. The molecular weight excluding hydrogens is 533 g/mol. The van der Waals surface area contributed by atoms with E-state index in [1.54, 1.807) is 37.3 Å². The average Bonchev–Trinajstić information content (AvgIpc) is 2.91. The fourth-order valence-corrected chi connectivity index (χ4v) is 3.61. The zero-order valence-electron chi connectivity index (χ0n) is 22.0. The molecule has 3 rings (SSSR count). The maximum atomic E-state index is 12.9. The molecule has 0 saturated heterocycles. The molecule has 1 heterocycles. The van der Waals surface area contributed by atoms with Gasteiger partial charge in [-0.25, -0.2) is 9.78 Å². The van der Waals surface area contributed by atoms with Crippen LogP contribution in [-0.4, -0.2) is 42.1 Å². The molecule has 0 aliphatic carbocycles. The van der Waals surface area contributed by atoms with E-state index in [-0.39, 0.29) is 22.9 Å². The average molecular weight is 561 g/mol. The number of carbonyl (C=O) groups excluding carboxylic acids is 3. The molecular formula is C28H27F3N2O7. The van der Waals surface area contributed by atoms with Crippen LogP contribution < -0.4 is 19.5 Å². The van der Waals surface area contributed by atoms with Crippen molar-refractivity contribution < 1.29 is 46.5 Å². The van der Waals surface area contributed by atoms with Gasteiger partial charge in [0.15, 0.2) is 17.5 Å². The van der Waals surface area contributed by atoms with Gasteiger partial charge in [-0.2, -0.15) is 13.2 Å². The maximum Gasteiger partial charge on any atom is 0.416 e. The topological polar surface area (TPSA) is 113 Å². The van der Waals surface area contributed by atoms with Crippen LogP contribution in [0.15, 0.2) is 66.9 Å². The van der Waals surface area contributed by atoms with Gasteiger partial charge in [-0.3, -0.25) is 9.59 Å². The highest BCUT2D eigenvalue weighted by molar-refractivity contribution is 5.98. The summed E-state index contributed by atoms with van der Waals surface area (Å²) in [6, 6.07) is 13.0. The van der Waals surface area contributed by atoms with Crippen LogP contribution in [0.25, 0.3) is 0 Å². The van der Waals surface area contributed by atoms with Crippen LogP contribution in [0.4, 0.5) is 13.2 Å². The third-order valence-corrected chi connectivity index (χ3v) is 5.55. The third kappa shape index (κ3) is 7.71. The number of benzene rings is 2. The number of halogens is 3. The number of aromatic nitrogens is 1. The zero-order chi connectivity index (χ0) is 29.4. The zero-order valence-corrected chi connectivity index (χ0v) is 22.0. The van der Waals surface area contributed by atoms with E-state index in [1.165, 1.54) is 38.4 Å². The van der Waals surface area contributed by atoms with Crippen LogP contribution in [0.5, 0.6) is 17.2 Å². The van der Waals surface area contributed by atoms with Gasteiger partial charge in [-0.05, 0) is 43.7 Å². The molecule has 0 fully saturated rings. The van der Waals surface area contributed by atoms with Gasteiger partial charge in [0.25, 0.3) is 5.91 Å². The van der Waals surface area contributed by atoms with E-state index >= 15 is 0 Å². The minimum absolute atomic E-state index is 0.0883. The van der Waals surface area contributed by atoms with Crippen molar-refractivity contribution in [1.29, 1.82) is 0 Å². The quantitative estimate of drug-likeness (QED) is 0.349. The minimum atomic E-state index is -4.50. The molecule has 3 aromatic rings. The monoisotopic (exact) mass is 560 g/mol. The molecule has 0 spiro atoms. The Labute approximate surface area is 228 Å². The van der Waals surface area contributed by atoms with Gasteiger partial charge in [-0.1, -0.05) is 30.3 Å². The van der Waals surface area contributed by atoms with Crippen molar-refractivity contribution in [2.45, 2.75) is 45.2 Å². The van der Waals surface area contributed by atoms with E-state index in [9.17, 15) is 27.6 Å². The summed E-state index contributed by atoms with van der Waals surface area (Å²) in [5.41, 5.74) is -0.511. The Balaban J connectivity index is 1.75. The van der Waals surface area contributed by atoms with Crippen LogP contribution in [0.1, 0.15) is 48.5 Å². The van der Waals surface area contributed by atoms with Crippen molar-refractivity contribution in [3.05, 3.63) is 83.7 Å². The molecule has 40 heavy (non-hydrogen) atoms. The summed E-state index contributed by atoms with van der Waals surface area (Å²) < 4.78 is 60.5. The largest absolute Gasteiger partial charge is 0.493 e. The number of rotatable bonds is 10. The second kappa shape index (κ2) is 13.0. The van der Waals surface area contributed by atoms with E-state index in [2.05, 4.69) is 10.3 Å². The molecule has 212 valence electrons. The molecule has 9 nitrogen and oxygen atoms in total. The van der Waals surface area contributed by atoms with Gasteiger partial charge in [0, 0.05) is 19.2 Å². The van der Waals surface area contributed by atoms with Crippen LogP contribution in [0.3, 0.4) is 0 Å². The lowest BCUT2D eigenvalue weighted by Gasteiger charge is -2.27. The molecule has 3 atom stereocenters. The highest BCUT2D eigenvalue weighted by Gasteiger charge is 2.31. The lowest BCUT2D eigenvalue weighted by molar-refractivity contribution is -0.154. The smallest absolute Gasteiger partial charge is 0.416 e. The predicted molar refractivity (Wildman–Crippen MR) is 136 cm³/mol. The molecule has 0 radical (unpaired) electrons. The number of hydrogen-bond acceptors (Lipinski definition) is 8. The minimum Gasteiger partial charge on any atom is -0.493 e. The highest BCUT2D eigenvalue weighted by atomic mass is 19.4. The SMILES string of the molecule is COc1ccnc(C(=O)N[C@@H](C)C(=O)O[C@@H](C)[C@H](Oc2ccc(C(F)(F)F)cc2)c2ccccc2)c1OC(C)=O. The van der Waals surface area contributed by atoms with Gasteiger partial charge < -0.3 is 24.3 Å². The second-order valence-electron chi connectivity index (χ2n) is 8.59. The Bertz CT molecular complexity index is 1330.